The minimum absolute atomic E-state index is 0.172. The van der Waals surface area contributed by atoms with E-state index in [0.29, 0.717) is 12.5 Å². The Balaban J connectivity index is 1.40. The Morgan fingerprint density at radius 3 is 2.62 bits per heavy atom. The van der Waals surface area contributed by atoms with E-state index in [4.69, 9.17) is 9.57 Å². The first kappa shape index (κ1) is 18.8. The summed E-state index contributed by atoms with van der Waals surface area (Å²) in [5, 5.41) is 2.93. The smallest absolute Gasteiger partial charge is 0.330 e. The summed E-state index contributed by atoms with van der Waals surface area (Å²) in [6.07, 6.45) is 1.95. The molecule has 0 aliphatic carbocycles. The molecule has 26 heavy (non-hydrogen) atoms. The maximum Gasteiger partial charge on any atom is 0.330 e. The fourth-order valence-corrected chi connectivity index (χ4v) is 2.94. The monoisotopic (exact) mass is 356 g/mol. The molecule has 0 N–H and O–H groups in total. The summed E-state index contributed by atoms with van der Waals surface area (Å²) in [6.45, 7) is 8.40. The minimum atomic E-state index is -0.465. The van der Waals surface area contributed by atoms with Crippen LogP contribution in [0.1, 0.15) is 39.3 Å². The second-order valence-electron chi connectivity index (χ2n) is 8.01. The molecule has 2 heterocycles. The van der Waals surface area contributed by atoms with Gasteiger partial charge in [-0.15, -0.1) is 5.06 Å². The van der Waals surface area contributed by atoms with Crippen molar-refractivity contribution in [1.29, 1.82) is 0 Å². The zero-order chi connectivity index (χ0) is 18.6. The van der Waals surface area contributed by atoms with Gasteiger partial charge in [0.1, 0.15) is 0 Å². The second kappa shape index (κ2) is 8.14. The standard InChI is InChI=1S/C21H28N2O3/c1-21(2,3)20(24)26-23-12-10-16(11-13-23)14-25-15-18-9-8-17-6-4-5-7-19(17)22-18/h4-9,16H,10-15H2,1-3H3. The van der Waals surface area contributed by atoms with Crippen LogP contribution >= 0.6 is 0 Å². The first-order valence-electron chi connectivity index (χ1n) is 9.31. The van der Waals surface area contributed by atoms with Crippen LogP contribution in [0.4, 0.5) is 0 Å². The topological polar surface area (TPSA) is 51.7 Å². The van der Waals surface area contributed by atoms with Crippen LogP contribution in [0.15, 0.2) is 36.4 Å². The van der Waals surface area contributed by atoms with Gasteiger partial charge >= 0.3 is 5.97 Å². The molecule has 0 atom stereocenters. The number of hydrogen-bond acceptors (Lipinski definition) is 5. The van der Waals surface area contributed by atoms with Crippen LogP contribution in [0.25, 0.3) is 10.9 Å². The number of nitrogens with zero attached hydrogens (tertiary/aromatic N) is 2. The molecule has 5 nitrogen and oxygen atoms in total. The lowest BCUT2D eigenvalue weighted by Crippen LogP contribution is -2.39. The molecule has 1 aromatic heterocycles. The van der Waals surface area contributed by atoms with Gasteiger partial charge in [-0.3, -0.25) is 4.98 Å². The van der Waals surface area contributed by atoms with Crippen molar-refractivity contribution in [2.75, 3.05) is 19.7 Å². The van der Waals surface area contributed by atoms with E-state index in [2.05, 4.69) is 17.1 Å². The molecule has 0 spiro atoms. The van der Waals surface area contributed by atoms with Crippen LogP contribution in [-0.2, 0) is 21.0 Å². The number of carbonyl (C=O) groups excluding carboxylic acids is 1. The van der Waals surface area contributed by atoms with Crippen molar-refractivity contribution in [3.8, 4) is 0 Å². The number of aromatic nitrogens is 1. The van der Waals surface area contributed by atoms with Gasteiger partial charge in [0, 0.05) is 18.5 Å². The molecule has 0 radical (unpaired) electrons. The molecule has 140 valence electrons. The zero-order valence-corrected chi connectivity index (χ0v) is 15.9. The van der Waals surface area contributed by atoms with Gasteiger partial charge in [-0.1, -0.05) is 24.3 Å². The third kappa shape index (κ3) is 5.02. The fraction of sp³-hybridized carbons (Fsp3) is 0.524. The normalized spacial score (nSPS) is 16.7. The van der Waals surface area contributed by atoms with E-state index in [9.17, 15) is 4.79 Å². The summed E-state index contributed by atoms with van der Waals surface area (Å²) in [5.74, 6) is 0.328. The quantitative estimate of drug-likeness (QED) is 0.811. The predicted molar refractivity (Wildman–Crippen MR) is 101 cm³/mol. The Morgan fingerprint density at radius 2 is 1.88 bits per heavy atom. The maximum atomic E-state index is 11.9. The van der Waals surface area contributed by atoms with Gasteiger partial charge in [-0.05, 0) is 51.7 Å². The van der Waals surface area contributed by atoms with Gasteiger partial charge in [0.25, 0.3) is 0 Å². The molecule has 0 amide bonds. The van der Waals surface area contributed by atoms with Crippen LogP contribution in [-0.4, -0.2) is 35.7 Å². The minimum Gasteiger partial charge on any atom is -0.375 e. The molecule has 1 saturated heterocycles. The first-order chi connectivity index (χ1) is 12.4. The molecule has 0 saturated carbocycles. The Hall–Kier alpha value is -1.98. The average molecular weight is 356 g/mol. The second-order valence-corrected chi connectivity index (χ2v) is 8.01. The van der Waals surface area contributed by atoms with Crippen LogP contribution in [0.2, 0.25) is 0 Å². The van der Waals surface area contributed by atoms with Crippen LogP contribution in [0, 0.1) is 11.3 Å². The van der Waals surface area contributed by atoms with Gasteiger partial charge in [0.15, 0.2) is 0 Å². The summed E-state index contributed by atoms with van der Waals surface area (Å²) in [4.78, 5) is 22.0. The molecule has 2 aromatic rings. The summed E-state index contributed by atoms with van der Waals surface area (Å²) >= 11 is 0. The molecule has 1 fully saturated rings. The van der Waals surface area contributed by atoms with Gasteiger partial charge in [0.2, 0.25) is 0 Å². The van der Waals surface area contributed by atoms with Crippen molar-refractivity contribution in [2.45, 2.75) is 40.2 Å². The van der Waals surface area contributed by atoms with Crippen LogP contribution in [0.5, 0.6) is 0 Å². The van der Waals surface area contributed by atoms with Gasteiger partial charge in [-0.2, -0.15) is 0 Å². The SMILES string of the molecule is CC(C)(C)C(=O)ON1CCC(COCc2ccc3ccccc3n2)CC1. The number of ether oxygens (including phenoxy) is 1. The lowest BCUT2D eigenvalue weighted by molar-refractivity contribution is -0.206. The molecule has 1 aliphatic heterocycles. The number of pyridine rings is 1. The number of fused-ring (bicyclic) bond motifs is 1. The molecule has 5 heteroatoms. The lowest BCUT2D eigenvalue weighted by atomic mass is 9.97. The number of benzene rings is 1. The van der Waals surface area contributed by atoms with E-state index in [0.717, 1.165) is 49.1 Å². The average Bonchev–Trinajstić information content (AvgIpc) is 2.62. The Kier molecular flexibility index (Phi) is 5.89. The van der Waals surface area contributed by atoms with Gasteiger partial charge in [0.05, 0.1) is 29.8 Å². The summed E-state index contributed by atoms with van der Waals surface area (Å²) in [5.41, 5.74) is 1.50. The largest absolute Gasteiger partial charge is 0.375 e. The Bertz CT molecular complexity index is 746. The summed E-state index contributed by atoms with van der Waals surface area (Å²) < 4.78 is 5.89. The third-order valence-corrected chi connectivity index (χ3v) is 4.66. The first-order valence-corrected chi connectivity index (χ1v) is 9.31. The highest BCUT2D eigenvalue weighted by molar-refractivity contribution is 5.78. The number of hydrogen-bond donors (Lipinski definition) is 0. The predicted octanol–water partition coefficient (Wildman–Crippen LogP) is 3.97. The molecular weight excluding hydrogens is 328 g/mol. The van der Waals surface area contributed by atoms with Crippen LogP contribution < -0.4 is 0 Å². The lowest BCUT2D eigenvalue weighted by Gasteiger charge is -2.32. The molecule has 3 rings (SSSR count). The van der Waals surface area contributed by atoms with E-state index in [-0.39, 0.29) is 5.97 Å². The van der Waals surface area contributed by atoms with E-state index < -0.39 is 5.41 Å². The van der Waals surface area contributed by atoms with E-state index >= 15 is 0 Å². The van der Waals surface area contributed by atoms with E-state index in [1.807, 2.05) is 45.0 Å². The Morgan fingerprint density at radius 1 is 1.15 bits per heavy atom. The maximum absolute atomic E-state index is 11.9. The zero-order valence-electron chi connectivity index (χ0n) is 15.9. The van der Waals surface area contributed by atoms with Gasteiger partial charge in [-0.25, -0.2) is 4.79 Å². The van der Waals surface area contributed by atoms with Crippen molar-refractivity contribution in [1.82, 2.24) is 10.0 Å². The van der Waals surface area contributed by atoms with Crippen molar-refractivity contribution in [3.05, 3.63) is 42.1 Å². The van der Waals surface area contributed by atoms with Crippen LogP contribution in [0.3, 0.4) is 0 Å². The van der Waals surface area contributed by atoms with Crippen molar-refractivity contribution in [3.63, 3.8) is 0 Å². The highest BCUT2D eigenvalue weighted by atomic mass is 16.7. The van der Waals surface area contributed by atoms with Gasteiger partial charge < -0.3 is 9.57 Å². The molecular formula is C21H28N2O3. The molecule has 0 bridgehead atoms. The van der Waals surface area contributed by atoms with Crippen molar-refractivity contribution >= 4 is 16.9 Å². The number of para-hydroxylation sites is 1. The van der Waals surface area contributed by atoms with E-state index in [1.165, 1.54) is 0 Å². The van der Waals surface area contributed by atoms with Crippen molar-refractivity contribution < 1.29 is 14.4 Å². The number of hydroxylamine groups is 2. The number of piperidine rings is 1. The molecule has 0 unspecified atom stereocenters. The summed E-state index contributed by atoms with van der Waals surface area (Å²) in [6, 6.07) is 12.2. The van der Waals surface area contributed by atoms with Crippen molar-refractivity contribution in [2.24, 2.45) is 11.3 Å². The van der Waals surface area contributed by atoms with E-state index in [1.54, 1.807) is 5.06 Å². The Labute approximate surface area is 155 Å². The number of carbonyl (C=O) groups is 1. The molecule has 1 aliphatic rings. The number of rotatable bonds is 5. The highest BCUT2D eigenvalue weighted by Crippen LogP contribution is 2.22. The molecule has 1 aromatic carbocycles. The third-order valence-electron chi connectivity index (χ3n) is 4.66. The fourth-order valence-electron chi connectivity index (χ4n) is 2.94. The summed E-state index contributed by atoms with van der Waals surface area (Å²) in [7, 11) is 0. The highest BCUT2D eigenvalue weighted by Gasteiger charge is 2.28.